The molecule has 0 saturated heterocycles. The summed E-state index contributed by atoms with van der Waals surface area (Å²) >= 11 is 5.57. The molecule has 0 amide bonds. The molecule has 1 nitrogen and oxygen atoms in total. The monoisotopic (exact) mass is 301 g/mol. The summed E-state index contributed by atoms with van der Waals surface area (Å²) in [4.78, 5) is 1.35. The molecule has 0 spiro atoms. The third-order valence-electron chi connectivity index (χ3n) is 2.42. The Kier molecular flexibility index (Phi) is 6.47. The van der Waals surface area contributed by atoms with Crippen molar-refractivity contribution >= 4 is 27.7 Å². The van der Waals surface area contributed by atoms with Gasteiger partial charge in [0.25, 0.3) is 0 Å². The topological polar surface area (TPSA) is 12.0 Å². The van der Waals surface area contributed by atoms with Crippen LogP contribution in [0.15, 0.2) is 27.6 Å². The van der Waals surface area contributed by atoms with Crippen molar-refractivity contribution in [2.75, 3.05) is 12.3 Å². The van der Waals surface area contributed by atoms with Gasteiger partial charge in [0, 0.05) is 15.4 Å². The predicted molar refractivity (Wildman–Crippen MR) is 77.2 cm³/mol. The van der Waals surface area contributed by atoms with Crippen LogP contribution in [0.25, 0.3) is 0 Å². The molecule has 90 valence electrons. The zero-order valence-corrected chi connectivity index (χ0v) is 12.6. The van der Waals surface area contributed by atoms with Crippen LogP contribution < -0.4 is 5.32 Å². The molecule has 0 aliphatic heterocycles. The van der Waals surface area contributed by atoms with Gasteiger partial charge in [-0.15, -0.1) is 11.8 Å². The molecular formula is C13H20BrNS. The van der Waals surface area contributed by atoms with Gasteiger partial charge in [0.1, 0.15) is 0 Å². The first-order chi connectivity index (χ1) is 7.69. The number of hydrogen-bond donors (Lipinski definition) is 1. The zero-order chi connectivity index (χ0) is 12.0. The Hall–Kier alpha value is 0.01000. The first-order valence-electron chi connectivity index (χ1n) is 5.84. The van der Waals surface area contributed by atoms with E-state index >= 15 is 0 Å². The Morgan fingerprint density at radius 1 is 1.38 bits per heavy atom. The molecule has 0 saturated carbocycles. The van der Waals surface area contributed by atoms with Gasteiger partial charge < -0.3 is 5.32 Å². The fourth-order valence-electron chi connectivity index (χ4n) is 1.58. The lowest BCUT2D eigenvalue weighted by Gasteiger charge is -2.15. The number of thioether (sulfide) groups is 1. The third kappa shape index (κ3) is 4.11. The summed E-state index contributed by atoms with van der Waals surface area (Å²) in [6.07, 6.45) is 1.22. The normalized spacial score (nSPS) is 12.8. The van der Waals surface area contributed by atoms with Gasteiger partial charge in [-0.05, 0) is 43.3 Å². The molecule has 0 fully saturated rings. The van der Waals surface area contributed by atoms with Crippen molar-refractivity contribution in [3.63, 3.8) is 0 Å². The first kappa shape index (κ1) is 14.1. The van der Waals surface area contributed by atoms with Crippen LogP contribution in [0, 0.1) is 0 Å². The van der Waals surface area contributed by atoms with Gasteiger partial charge in [0.05, 0.1) is 0 Å². The molecule has 16 heavy (non-hydrogen) atoms. The quantitative estimate of drug-likeness (QED) is 0.769. The van der Waals surface area contributed by atoms with Gasteiger partial charge in [0.15, 0.2) is 0 Å². The maximum absolute atomic E-state index is 3.66. The maximum Gasteiger partial charge on any atom is 0.0302 e. The summed E-state index contributed by atoms with van der Waals surface area (Å²) in [6.45, 7) is 7.54. The van der Waals surface area contributed by atoms with Crippen molar-refractivity contribution in [2.24, 2.45) is 0 Å². The Bertz CT molecular complexity index is 328. The summed E-state index contributed by atoms with van der Waals surface area (Å²) in [5.74, 6) is 1.19. The molecule has 0 heterocycles. The van der Waals surface area contributed by atoms with Crippen LogP contribution in [-0.4, -0.2) is 12.3 Å². The number of halogens is 1. The molecule has 1 rings (SSSR count). The van der Waals surface area contributed by atoms with Crippen LogP contribution >= 0.6 is 27.7 Å². The minimum absolute atomic E-state index is 0.407. The smallest absolute Gasteiger partial charge is 0.0302 e. The molecule has 0 aromatic heterocycles. The van der Waals surface area contributed by atoms with Crippen molar-refractivity contribution in [3.05, 3.63) is 28.2 Å². The maximum atomic E-state index is 3.66. The van der Waals surface area contributed by atoms with Gasteiger partial charge in [-0.1, -0.05) is 35.8 Å². The summed E-state index contributed by atoms with van der Waals surface area (Å²) < 4.78 is 1.21. The van der Waals surface area contributed by atoms with E-state index in [-0.39, 0.29) is 0 Å². The van der Waals surface area contributed by atoms with Gasteiger partial charge in [-0.3, -0.25) is 0 Å². The Morgan fingerprint density at radius 3 is 2.69 bits per heavy atom. The molecule has 0 aliphatic rings. The van der Waals surface area contributed by atoms with Gasteiger partial charge in [0.2, 0.25) is 0 Å². The fourth-order valence-corrected chi connectivity index (χ4v) is 3.26. The van der Waals surface area contributed by atoms with E-state index < -0.39 is 0 Å². The number of benzene rings is 1. The molecule has 0 aliphatic carbocycles. The Labute approximate surface area is 112 Å². The third-order valence-corrected chi connectivity index (χ3v) is 4.31. The van der Waals surface area contributed by atoms with Crippen LogP contribution in [0.3, 0.4) is 0 Å². The van der Waals surface area contributed by atoms with E-state index in [2.05, 4.69) is 60.2 Å². The fraction of sp³-hybridized carbons (Fsp3) is 0.538. The highest BCUT2D eigenvalue weighted by molar-refractivity contribution is 9.10. The van der Waals surface area contributed by atoms with Crippen LogP contribution in [0.1, 0.15) is 38.8 Å². The van der Waals surface area contributed by atoms with Crippen molar-refractivity contribution in [1.82, 2.24) is 5.32 Å². The number of nitrogens with one attached hydrogen (secondary N) is 1. The molecule has 0 bridgehead atoms. The van der Waals surface area contributed by atoms with E-state index in [1.54, 1.807) is 0 Å². The second-order valence-corrected chi connectivity index (χ2v) is 5.83. The summed E-state index contributed by atoms with van der Waals surface area (Å²) in [7, 11) is 0. The lowest BCUT2D eigenvalue weighted by atomic mass is 10.1. The van der Waals surface area contributed by atoms with Crippen LogP contribution in [0.4, 0.5) is 0 Å². The minimum atomic E-state index is 0.407. The Balaban J connectivity index is 2.74. The molecule has 1 aromatic rings. The lowest BCUT2D eigenvalue weighted by Crippen LogP contribution is -2.18. The summed E-state index contributed by atoms with van der Waals surface area (Å²) in [5, 5.41) is 3.43. The van der Waals surface area contributed by atoms with Crippen LogP contribution in [-0.2, 0) is 0 Å². The minimum Gasteiger partial charge on any atom is -0.310 e. The molecular weight excluding hydrogens is 282 g/mol. The molecule has 3 heteroatoms. The zero-order valence-electron chi connectivity index (χ0n) is 10.2. The molecule has 1 N–H and O–H groups in total. The Morgan fingerprint density at radius 2 is 2.12 bits per heavy atom. The molecule has 0 radical (unpaired) electrons. The number of hydrogen-bond acceptors (Lipinski definition) is 2. The first-order valence-corrected chi connectivity index (χ1v) is 7.62. The average molecular weight is 302 g/mol. The summed E-state index contributed by atoms with van der Waals surface area (Å²) in [6, 6.07) is 7.07. The van der Waals surface area contributed by atoms with Gasteiger partial charge in [-0.25, -0.2) is 0 Å². The van der Waals surface area contributed by atoms with Gasteiger partial charge in [-0.2, -0.15) is 0 Å². The van der Waals surface area contributed by atoms with E-state index in [9.17, 15) is 0 Å². The van der Waals surface area contributed by atoms with Crippen molar-refractivity contribution < 1.29 is 0 Å². The lowest BCUT2D eigenvalue weighted by molar-refractivity contribution is 0.595. The SMILES string of the molecule is CCCSc1ccc(C(C)NCC)c(Br)c1. The van der Waals surface area contributed by atoms with Crippen LogP contribution in [0.5, 0.6) is 0 Å². The molecule has 1 atom stereocenters. The average Bonchev–Trinajstić information content (AvgIpc) is 2.26. The van der Waals surface area contributed by atoms with Crippen LogP contribution in [0.2, 0.25) is 0 Å². The van der Waals surface area contributed by atoms with Crippen molar-refractivity contribution in [2.45, 2.75) is 38.1 Å². The van der Waals surface area contributed by atoms with Crippen molar-refractivity contribution in [1.29, 1.82) is 0 Å². The summed E-state index contributed by atoms with van der Waals surface area (Å²) in [5.41, 5.74) is 1.34. The highest BCUT2D eigenvalue weighted by Gasteiger charge is 2.08. The van der Waals surface area contributed by atoms with E-state index in [1.165, 1.54) is 27.1 Å². The van der Waals surface area contributed by atoms with E-state index in [1.807, 2.05) is 11.8 Å². The van der Waals surface area contributed by atoms with Gasteiger partial charge >= 0.3 is 0 Å². The predicted octanol–water partition coefficient (Wildman–Crippen LogP) is 4.62. The van der Waals surface area contributed by atoms with E-state index in [0.717, 1.165) is 6.54 Å². The van der Waals surface area contributed by atoms with Crippen molar-refractivity contribution in [3.8, 4) is 0 Å². The standard InChI is InChI=1S/C13H20BrNS/c1-4-8-16-11-6-7-12(13(14)9-11)10(3)15-5-2/h6-7,9-10,15H,4-5,8H2,1-3H3. The second-order valence-electron chi connectivity index (χ2n) is 3.81. The largest absolute Gasteiger partial charge is 0.310 e. The highest BCUT2D eigenvalue weighted by atomic mass is 79.9. The second kappa shape index (κ2) is 7.36. The van der Waals surface area contributed by atoms with E-state index in [0.29, 0.717) is 6.04 Å². The highest BCUT2D eigenvalue weighted by Crippen LogP contribution is 2.29. The molecule has 1 aromatic carbocycles. The number of rotatable bonds is 6. The van der Waals surface area contributed by atoms with E-state index in [4.69, 9.17) is 0 Å². The molecule has 1 unspecified atom stereocenters.